The lowest BCUT2D eigenvalue weighted by Gasteiger charge is -2.01. The van der Waals surface area contributed by atoms with Crippen LogP contribution in [-0.4, -0.2) is 29.3 Å². The maximum Gasteiger partial charge on any atom is 0.417 e. The van der Waals surface area contributed by atoms with Crippen LogP contribution in [-0.2, 0) is 6.18 Å². The molecule has 0 atom stereocenters. The summed E-state index contributed by atoms with van der Waals surface area (Å²) in [6, 6.07) is 0.906. The molecule has 0 amide bonds. The zero-order valence-electron chi connectivity index (χ0n) is 11.9. The summed E-state index contributed by atoms with van der Waals surface area (Å²) in [5.74, 6) is 1.10. The zero-order chi connectivity index (χ0) is 16.6. The third kappa shape index (κ3) is 2.77. The first kappa shape index (κ1) is 15.4. The van der Waals surface area contributed by atoms with Crippen LogP contribution in [0.2, 0.25) is 0 Å². The number of hydrogen-bond donors (Lipinski definition) is 1. The number of rotatable bonds is 4. The Kier molecular flexibility index (Phi) is 3.76. The molecule has 0 spiro atoms. The highest BCUT2D eigenvalue weighted by Crippen LogP contribution is 2.43. The van der Waals surface area contributed by atoms with Gasteiger partial charge in [-0.2, -0.15) is 18.2 Å². The molecule has 0 unspecified atom stereocenters. The summed E-state index contributed by atoms with van der Waals surface area (Å²) in [5.41, 5.74) is -0.735. The average molecular weight is 345 g/mol. The fourth-order valence-corrected chi connectivity index (χ4v) is 2.83. The van der Waals surface area contributed by atoms with Crippen LogP contribution in [0.15, 0.2) is 22.2 Å². The van der Waals surface area contributed by atoms with Gasteiger partial charge in [0.05, 0.1) is 19.8 Å². The number of halogens is 3. The molecule has 122 valence electrons. The highest BCUT2D eigenvalue weighted by molar-refractivity contribution is 7.14. The van der Waals surface area contributed by atoms with Gasteiger partial charge in [0.15, 0.2) is 11.5 Å². The number of thiophene rings is 1. The molecule has 0 aliphatic rings. The number of alkyl halides is 3. The number of aromatic amines is 1. The van der Waals surface area contributed by atoms with E-state index in [1.165, 1.54) is 25.6 Å². The number of nitrogens with zero attached hydrogens (tertiary/aromatic N) is 2. The number of ether oxygens (including phenoxy) is 2. The standard InChI is InChI=1S/C13H10F3N3O3S/c1-20-8-5-23-10(9(8)21-2)11-18-12(22-19-11)7-3-6(4-17-7)13(14,15)16/h3-5,17H,1-2H3. The first-order valence-electron chi connectivity index (χ1n) is 6.23. The van der Waals surface area contributed by atoms with Crippen LogP contribution in [0.5, 0.6) is 11.5 Å². The quantitative estimate of drug-likeness (QED) is 0.778. The summed E-state index contributed by atoms with van der Waals surface area (Å²) in [6.07, 6.45) is -3.60. The number of hydrogen-bond acceptors (Lipinski definition) is 6. The molecule has 6 nitrogen and oxygen atoms in total. The van der Waals surface area contributed by atoms with E-state index in [4.69, 9.17) is 14.0 Å². The van der Waals surface area contributed by atoms with Crippen molar-refractivity contribution in [2.45, 2.75) is 6.18 Å². The Balaban J connectivity index is 1.95. The Morgan fingerprint density at radius 1 is 1.26 bits per heavy atom. The smallest absolute Gasteiger partial charge is 0.417 e. The number of H-pyrrole nitrogens is 1. The Labute approximate surface area is 131 Å². The molecule has 3 aromatic heterocycles. The molecule has 3 aromatic rings. The van der Waals surface area contributed by atoms with Crippen LogP contribution in [0.1, 0.15) is 5.56 Å². The van der Waals surface area contributed by atoms with Crippen molar-refractivity contribution in [2.24, 2.45) is 0 Å². The summed E-state index contributed by atoms with van der Waals surface area (Å²) in [5, 5.41) is 5.49. The van der Waals surface area contributed by atoms with E-state index in [1.807, 2.05) is 0 Å². The lowest BCUT2D eigenvalue weighted by molar-refractivity contribution is -0.137. The molecule has 1 N–H and O–H groups in total. The van der Waals surface area contributed by atoms with E-state index in [0.29, 0.717) is 16.4 Å². The third-order valence-corrected chi connectivity index (χ3v) is 3.94. The molecule has 0 aromatic carbocycles. The van der Waals surface area contributed by atoms with Crippen LogP contribution < -0.4 is 9.47 Å². The Bertz CT molecular complexity index is 822. The van der Waals surface area contributed by atoms with E-state index >= 15 is 0 Å². The predicted molar refractivity (Wildman–Crippen MR) is 75.5 cm³/mol. The van der Waals surface area contributed by atoms with Gasteiger partial charge in [-0.1, -0.05) is 5.16 Å². The maximum absolute atomic E-state index is 12.6. The Morgan fingerprint density at radius 3 is 2.65 bits per heavy atom. The number of nitrogens with one attached hydrogen (secondary N) is 1. The molecule has 10 heteroatoms. The van der Waals surface area contributed by atoms with E-state index < -0.39 is 11.7 Å². The van der Waals surface area contributed by atoms with Crippen molar-refractivity contribution in [3.8, 4) is 33.8 Å². The molecule has 23 heavy (non-hydrogen) atoms. The summed E-state index contributed by atoms with van der Waals surface area (Å²) in [4.78, 5) is 7.13. The minimum absolute atomic E-state index is 0.0510. The van der Waals surface area contributed by atoms with Gasteiger partial charge in [0.25, 0.3) is 5.89 Å². The lowest BCUT2D eigenvalue weighted by atomic mass is 10.3. The number of aromatic nitrogens is 3. The van der Waals surface area contributed by atoms with E-state index in [-0.39, 0.29) is 17.4 Å². The first-order valence-corrected chi connectivity index (χ1v) is 7.11. The monoisotopic (exact) mass is 345 g/mol. The van der Waals surface area contributed by atoms with Gasteiger partial charge in [0, 0.05) is 11.6 Å². The van der Waals surface area contributed by atoms with Crippen molar-refractivity contribution >= 4 is 11.3 Å². The summed E-state index contributed by atoms with van der Waals surface area (Å²) >= 11 is 1.27. The summed E-state index contributed by atoms with van der Waals surface area (Å²) < 4.78 is 53.2. The third-order valence-electron chi connectivity index (χ3n) is 3.01. The molecule has 0 saturated carbocycles. The Hall–Kier alpha value is -2.49. The van der Waals surface area contributed by atoms with Gasteiger partial charge in [-0.25, -0.2) is 0 Å². The van der Waals surface area contributed by atoms with Gasteiger partial charge in [0.2, 0.25) is 5.82 Å². The van der Waals surface area contributed by atoms with Gasteiger partial charge < -0.3 is 19.0 Å². The Morgan fingerprint density at radius 2 is 2.04 bits per heavy atom. The predicted octanol–water partition coefficient (Wildman–Crippen LogP) is 3.83. The fraction of sp³-hybridized carbons (Fsp3) is 0.231. The van der Waals surface area contributed by atoms with Gasteiger partial charge in [-0.15, -0.1) is 11.3 Å². The minimum Gasteiger partial charge on any atom is -0.492 e. The SMILES string of the molecule is COc1csc(-c2noc(-c3cc(C(F)(F)F)c[nH]3)n2)c1OC. The van der Waals surface area contributed by atoms with Crippen molar-refractivity contribution in [1.82, 2.24) is 15.1 Å². The van der Waals surface area contributed by atoms with Crippen molar-refractivity contribution in [3.05, 3.63) is 23.2 Å². The van der Waals surface area contributed by atoms with Gasteiger partial charge in [-0.3, -0.25) is 0 Å². The van der Waals surface area contributed by atoms with Crippen LogP contribution in [0.3, 0.4) is 0 Å². The van der Waals surface area contributed by atoms with Gasteiger partial charge in [-0.05, 0) is 6.07 Å². The molecule has 3 rings (SSSR count). The molecule has 0 saturated heterocycles. The van der Waals surface area contributed by atoms with Crippen molar-refractivity contribution in [2.75, 3.05) is 14.2 Å². The molecule has 0 fully saturated rings. The summed E-state index contributed by atoms with van der Waals surface area (Å²) in [6.45, 7) is 0. The van der Waals surface area contributed by atoms with Crippen LogP contribution >= 0.6 is 11.3 Å². The van der Waals surface area contributed by atoms with Crippen LogP contribution in [0.25, 0.3) is 22.3 Å². The van der Waals surface area contributed by atoms with E-state index in [1.54, 1.807) is 5.38 Å². The van der Waals surface area contributed by atoms with Crippen molar-refractivity contribution in [1.29, 1.82) is 0 Å². The van der Waals surface area contributed by atoms with Gasteiger partial charge in [0.1, 0.15) is 10.6 Å². The average Bonchev–Trinajstić information content (AvgIpc) is 3.22. The fourth-order valence-electron chi connectivity index (χ4n) is 1.93. The summed E-state index contributed by atoms with van der Waals surface area (Å²) in [7, 11) is 2.96. The van der Waals surface area contributed by atoms with Crippen LogP contribution in [0, 0.1) is 0 Å². The maximum atomic E-state index is 12.6. The van der Waals surface area contributed by atoms with Crippen LogP contribution in [0.4, 0.5) is 13.2 Å². The second kappa shape index (κ2) is 5.61. The minimum atomic E-state index is -4.44. The molecule has 0 bridgehead atoms. The molecule has 0 radical (unpaired) electrons. The second-order valence-corrected chi connectivity index (χ2v) is 5.27. The normalized spacial score (nSPS) is 11.7. The van der Waals surface area contributed by atoms with E-state index in [9.17, 15) is 13.2 Å². The first-order chi connectivity index (χ1) is 10.9. The highest BCUT2D eigenvalue weighted by Gasteiger charge is 2.32. The number of methoxy groups -OCH3 is 2. The van der Waals surface area contributed by atoms with E-state index in [2.05, 4.69) is 15.1 Å². The molecule has 0 aliphatic carbocycles. The highest BCUT2D eigenvalue weighted by atomic mass is 32.1. The van der Waals surface area contributed by atoms with E-state index in [0.717, 1.165) is 12.3 Å². The largest absolute Gasteiger partial charge is 0.492 e. The molecule has 0 aliphatic heterocycles. The zero-order valence-corrected chi connectivity index (χ0v) is 12.7. The molecular weight excluding hydrogens is 335 g/mol. The van der Waals surface area contributed by atoms with Crippen molar-refractivity contribution in [3.63, 3.8) is 0 Å². The van der Waals surface area contributed by atoms with Gasteiger partial charge >= 0.3 is 6.18 Å². The van der Waals surface area contributed by atoms with Crippen molar-refractivity contribution < 1.29 is 27.2 Å². The second-order valence-electron chi connectivity index (χ2n) is 4.39. The molecule has 3 heterocycles. The lowest BCUT2D eigenvalue weighted by Crippen LogP contribution is -2.02. The molecular formula is C13H10F3N3O3S. The topological polar surface area (TPSA) is 73.2 Å².